The second-order valence-corrected chi connectivity index (χ2v) is 6.32. The van der Waals surface area contributed by atoms with Crippen LogP contribution >= 0.6 is 0 Å². The minimum atomic E-state index is -0.176. The predicted molar refractivity (Wildman–Crippen MR) is 78.8 cm³/mol. The molecular weight excluding hydrogens is 284 g/mol. The maximum Gasteiger partial charge on any atom is 0.240 e. The molecule has 1 spiro atoms. The highest BCUT2D eigenvalue weighted by atomic mass is 16.5. The molecule has 0 aliphatic carbocycles. The van der Waals surface area contributed by atoms with Gasteiger partial charge < -0.3 is 14.2 Å². The van der Waals surface area contributed by atoms with Crippen molar-refractivity contribution in [1.29, 1.82) is 0 Å². The van der Waals surface area contributed by atoms with E-state index in [2.05, 4.69) is 22.0 Å². The zero-order chi connectivity index (χ0) is 15.6. The molecule has 2 fully saturated rings. The van der Waals surface area contributed by atoms with Gasteiger partial charge in [-0.05, 0) is 25.8 Å². The first kappa shape index (κ1) is 15.4. The van der Waals surface area contributed by atoms with E-state index >= 15 is 0 Å². The summed E-state index contributed by atoms with van der Waals surface area (Å²) in [6, 6.07) is 0. The number of aromatic nitrogens is 2. The van der Waals surface area contributed by atoms with Crippen LogP contribution in [0.4, 0.5) is 0 Å². The SMILES string of the molecule is CCCN1CCC2(CCN(Cc3nc(COC)no3)C2)C1=O. The Balaban J connectivity index is 1.59. The largest absolute Gasteiger partial charge is 0.377 e. The van der Waals surface area contributed by atoms with Gasteiger partial charge in [-0.15, -0.1) is 0 Å². The quantitative estimate of drug-likeness (QED) is 0.782. The van der Waals surface area contributed by atoms with Crippen molar-refractivity contribution >= 4 is 5.91 Å². The number of rotatable bonds is 6. The minimum absolute atomic E-state index is 0.176. The van der Waals surface area contributed by atoms with Crippen LogP contribution in [0.5, 0.6) is 0 Å². The van der Waals surface area contributed by atoms with Crippen molar-refractivity contribution in [3.8, 4) is 0 Å². The summed E-state index contributed by atoms with van der Waals surface area (Å²) < 4.78 is 10.2. The normalized spacial score (nSPS) is 25.7. The van der Waals surface area contributed by atoms with Crippen molar-refractivity contribution in [2.75, 3.05) is 33.3 Å². The van der Waals surface area contributed by atoms with E-state index in [9.17, 15) is 4.79 Å². The molecule has 1 atom stereocenters. The number of carbonyl (C=O) groups is 1. The molecule has 122 valence electrons. The average molecular weight is 308 g/mol. The van der Waals surface area contributed by atoms with Crippen molar-refractivity contribution in [2.45, 2.75) is 39.3 Å². The van der Waals surface area contributed by atoms with Gasteiger partial charge in [0, 0.05) is 26.7 Å². The second-order valence-electron chi connectivity index (χ2n) is 6.32. The Morgan fingerprint density at radius 3 is 2.95 bits per heavy atom. The standard InChI is InChI=1S/C15H24N4O3/c1-3-6-19-8-5-15(14(19)20)4-7-18(11-15)9-13-16-12(10-21-2)17-22-13/h3-11H2,1-2H3. The van der Waals surface area contributed by atoms with E-state index in [4.69, 9.17) is 9.26 Å². The van der Waals surface area contributed by atoms with Crippen LogP contribution in [-0.2, 0) is 22.7 Å². The zero-order valence-electron chi connectivity index (χ0n) is 13.4. The van der Waals surface area contributed by atoms with Crippen molar-refractivity contribution in [2.24, 2.45) is 5.41 Å². The van der Waals surface area contributed by atoms with Crippen LogP contribution < -0.4 is 0 Å². The third-order valence-corrected chi connectivity index (χ3v) is 4.67. The zero-order valence-corrected chi connectivity index (χ0v) is 13.4. The third kappa shape index (κ3) is 2.87. The monoisotopic (exact) mass is 308 g/mol. The molecular formula is C15H24N4O3. The van der Waals surface area contributed by atoms with Gasteiger partial charge in [-0.3, -0.25) is 9.69 Å². The third-order valence-electron chi connectivity index (χ3n) is 4.67. The molecule has 2 aliphatic rings. The Hall–Kier alpha value is -1.47. The molecule has 2 saturated heterocycles. The maximum absolute atomic E-state index is 12.6. The summed E-state index contributed by atoms with van der Waals surface area (Å²) in [5, 5.41) is 3.88. The van der Waals surface area contributed by atoms with E-state index in [1.807, 2.05) is 4.90 Å². The molecule has 0 N–H and O–H groups in total. The molecule has 0 aromatic carbocycles. The molecule has 1 aromatic rings. The summed E-state index contributed by atoms with van der Waals surface area (Å²) in [4.78, 5) is 21.2. The maximum atomic E-state index is 12.6. The fourth-order valence-electron chi connectivity index (χ4n) is 3.58. The summed E-state index contributed by atoms with van der Waals surface area (Å²) in [6.07, 6.45) is 2.93. The van der Waals surface area contributed by atoms with E-state index < -0.39 is 0 Å². The number of likely N-dealkylation sites (tertiary alicyclic amines) is 2. The number of hydrogen-bond acceptors (Lipinski definition) is 6. The molecule has 0 radical (unpaired) electrons. The number of hydrogen-bond donors (Lipinski definition) is 0. The van der Waals surface area contributed by atoms with Crippen molar-refractivity contribution in [3.05, 3.63) is 11.7 Å². The molecule has 0 saturated carbocycles. The van der Waals surface area contributed by atoms with Gasteiger partial charge in [0.25, 0.3) is 0 Å². The molecule has 3 rings (SSSR count). The van der Waals surface area contributed by atoms with E-state index in [-0.39, 0.29) is 5.41 Å². The Morgan fingerprint density at radius 2 is 2.18 bits per heavy atom. The van der Waals surface area contributed by atoms with Gasteiger partial charge in [-0.25, -0.2) is 0 Å². The molecule has 22 heavy (non-hydrogen) atoms. The van der Waals surface area contributed by atoms with Crippen LogP contribution in [-0.4, -0.2) is 59.1 Å². The highest BCUT2D eigenvalue weighted by Gasteiger charge is 2.50. The summed E-state index contributed by atoms with van der Waals surface area (Å²) in [5.41, 5.74) is -0.176. The highest BCUT2D eigenvalue weighted by molar-refractivity contribution is 5.85. The molecule has 1 unspecified atom stereocenters. The van der Waals surface area contributed by atoms with Gasteiger partial charge >= 0.3 is 0 Å². The second kappa shape index (κ2) is 6.34. The molecule has 2 aliphatic heterocycles. The number of amides is 1. The topological polar surface area (TPSA) is 71.7 Å². The fourth-order valence-corrected chi connectivity index (χ4v) is 3.58. The molecule has 0 bridgehead atoms. The Kier molecular flexibility index (Phi) is 4.44. The summed E-state index contributed by atoms with van der Waals surface area (Å²) in [6.45, 7) is 6.58. The molecule has 1 aromatic heterocycles. The lowest BCUT2D eigenvalue weighted by Crippen LogP contribution is -2.37. The van der Waals surface area contributed by atoms with Gasteiger partial charge in [-0.2, -0.15) is 4.98 Å². The number of carbonyl (C=O) groups excluding carboxylic acids is 1. The number of nitrogens with zero attached hydrogens (tertiary/aromatic N) is 4. The van der Waals surface area contributed by atoms with Gasteiger partial charge in [0.15, 0.2) is 5.82 Å². The lowest BCUT2D eigenvalue weighted by Gasteiger charge is -2.23. The van der Waals surface area contributed by atoms with Crippen molar-refractivity contribution < 1.29 is 14.1 Å². The fraction of sp³-hybridized carbons (Fsp3) is 0.800. The first-order valence-corrected chi connectivity index (χ1v) is 7.99. The molecule has 3 heterocycles. The summed E-state index contributed by atoms with van der Waals surface area (Å²) >= 11 is 0. The Morgan fingerprint density at radius 1 is 1.36 bits per heavy atom. The predicted octanol–water partition coefficient (Wildman–Crippen LogP) is 1.05. The van der Waals surface area contributed by atoms with Crippen LogP contribution in [0.2, 0.25) is 0 Å². The summed E-state index contributed by atoms with van der Waals surface area (Å²) in [5.74, 6) is 1.50. The van der Waals surface area contributed by atoms with Crippen LogP contribution in [0.1, 0.15) is 37.9 Å². The smallest absolute Gasteiger partial charge is 0.240 e. The first-order valence-electron chi connectivity index (χ1n) is 7.99. The summed E-state index contributed by atoms with van der Waals surface area (Å²) in [7, 11) is 1.61. The average Bonchev–Trinajstić information content (AvgIpc) is 3.18. The van der Waals surface area contributed by atoms with Gasteiger partial charge in [0.05, 0.1) is 12.0 Å². The highest BCUT2D eigenvalue weighted by Crippen LogP contribution is 2.41. The van der Waals surface area contributed by atoms with Crippen LogP contribution in [0.15, 0.2) is 4.52 Å². The Labute approximate surface area is 130 Å². The van der Waals surface area contributed by atoms with E-state index in [1.165, 1.54) is 0 Å². The molecule has 7 nitrogen and oxygen atoms in total. The Bertz CT molecular complexity index is 533. The van der Waals surface area contributed by atoms with Gasteiger partial charge in [0.2, 0.25) is 11.8 Å². The number of methoxy groups -OCH3 is 1. The van der Waals surface area contributed by atoms with Gasteiger partial charge in [0.1, 0.15) is 6.61 Å². The molecule has 7 heteroatoms. The lowest BCUT2D eigenvalue weighted by atomic mass is 9.85. The first-order chi connectivity index (χ1) is 10.7. The van der Waals surface area contributed by atoms with E-state index in [1.54, 1.807) is 7.11 Å². The van der Waals surface area contributed by atoms with Crippen LogP contribution in [0.3, 0.4) is 0 Å². The van der Waals surface area contributed by atoms with E-state index in [0.29, 0.717) is 30.8 Å². The number of ether oxygens (including phenoxy) is 1. The van der Waals surface area contributed by atoms with Crippen LogP contribution in [0.25, 0.3) is 0 Å². The van der Waals surface area contributed by atoms with E-state index in [0.717, 1.165) is 45.4 Å². The molecule has 1 amide bonds. The van der Waals surface area contributed by atoms with Crippen molar-refractivity contribution in [1.82, 2.24) is 19.9 Å². The lowest BCUT2D eigenvalue weighted by molar-refractivity contribution is -0.135. The van der Waals surface area contributed by atoms with Gasteiger partial charge in [-0.1, -0.05) is 12.1 Å². The van der Waals surface area contributed by atoms with Crippen molar-refractivity contribution in [3.63, 3.8) is 0 Å². The minimum Gasteiger partial charge on any atom is -0.377 e. The van der Waals surface area contributed by atoms with Crippen LogP contribution in [0, 0.1) is 5.41 Å².